The highest BCUT2D eigenvalue weighted by atomic mass is 16.5. The van der Waals surface area contributed by atoms with Crippen molar-refractivity contribution in [3.8, 4) is 11.3 Å². The third-order valence-electron chi connectivity index (χ3n) is 2.68. The zero-order valence-electron chi connectivity index (χ0n) is 10.1. The van der Waals surface area contributed by atoms with Crippen LogP contribution in [0.25, 0.3) is 11.3 Å². The Bertz CT molecular complexity index is 597. The molecule has 18 heavy (non-hydrogen) atoms. The first-order chi connectivity index (χ1) is 8.63. The maximum Gasteiger partial charge on any atom is 0.420 e. The van der Waals surface area contributed by atoms with Gasteiger partial charge in [-0.1, -0.05) is 30.3 Å². The quantitative estimate of drug-likeness (QED) is 0.776. The summed E-state index contributed by atoms with van der Waals surface area (Å²) in [6.07, 6.45) is 1.51. The predicted octanol–water partition coefficient (Wildman–Crippen LogP) is 1.84. The number of oxazole rings is 1. The Hall–Kier alpha value is -2.30. The lowest BCUT2D eigenvalue weighted by Crippen LogP contribution is -2.24. The van der Waals surface area contributed by atoms with Crippen LogP contribution in [-0.4, -0.2) is 17.6 Å². The minimum Gasteiger partial charge on any atom is -0.467 e. The molecule has 0 N–H and O–H groups in total. The molecule has 0 aliphatic heterocycles. The summed E-state index contributed by atoms with van der Waals surface area (Å²) < 4.78 is 10.9. The summed E-state index contributed by atoms with van der Waals surface area (Å²) in [5.41, 5.74) is 0.783. The summed E-state index contributed by atoms with van der Waals surface area (Å²) in [7, 11) is 1.28. The third-order valence-corrected chi connectivity index (χ3v) is 2.68. The molecule has 0 saturated heterocycles. The molecule has 94 valence electrons. The molecule has 2 rings (SSSR count). The fraction of sp³-hybridized carbons (Fsp3) is 0.231. The van der Waals surface area contributed by atoms with Crippen molar-refractivity contribution in [2.24, 2.45) is 0 Å². The van der Waals surface area contributed by atoms with Gasteiger partial charge in [0.2, 0.25) is 0 Å². The minimum atomic E-state index is -0.705. The number of benzene rings is 1. The van der Waals surface area contributed by atoms with E-state index in [0.29, 0.717) is 5.76 Å². The normalized spacial score (nSPS) is 12.1. The van der Waals surface area contributed by atoms with Gasteiger partial charge in [-0.05, 0) is 6.92 Å². The lowest BCUT2D eigenvalue weighted by molar-refractivity contribution is -0.144. The SMILES string of the molecule is COC(=O)[C@H](C)n1cc(-c2ccccc2)oc1=O. The topological polar surface area (TPSA) is 61.4 Å². The fourth-order valence-corrected chi connectivity index (χ4v) is 1.64. The van der Waals surface area contributed by atoms with E-state index in [2.05, 4.69) is 4.74 Å². The van der Waals surface area contributed by atoms with E-state index >= 15 is 0 Å². The van der Waals surface area contributed by atoms with Gasteiger partial charge in [-0.15, -0.1) is 0 Å². The average Bonchev–Trinajstić information content (AvgIpc) is 2.80. The van der Waals surface area contributed by atoms with Gasteiger partial charge >= 0.3 is 11.7 Å². The zero-order chi connectivity index (χ0) is 13.1. The predicted molar refractivity (Wildman–Crippen MR) is 65.1 cm³/mol. The first-order valence-corrected chi connectivity index (χ1v) is 5.48. The molecule has 2 aromatic rings. The van der Waals surface area contributed by atoms with Gasteiger partial charge in [0.15, 0.2) is 5.76 Å². The lowest BCUT2D eigenvalue weighted by atomic mass is 10.2. The van der Waals surface area contributed by atoms with Crippen LogP contribution >= 0.6 is 0 Å². The number of hydrogen-bond donors (Lipinski definition) is 0. The molecule has 1 heterocycles. The second-order valence-electron chi connectivity index (χ2n) is 3.83. The van der Waals surface area contributed by atoms with Crippen LogP contribution in [0.1, 0.15) is 13.0 Å². The van der Waals surface area contributed by atoms with Crippen LogP contribution in [0.4, 0.5) is 0 Å². The zero-order valence-corrected chi connectivity index (χ0v) is 10.1. The van der Waals surface area contributed by atoms with E-state index in [-0.39, 0.29) is 0 Å². The largest absolute Gasteiger partial charge is 0.467 e. The number of ether oxygens (including phenoxy) is 1. The molecule has 0 aliphatic rings. The standard InChI is InChI=1S/C13H13NO4/c1-9(12(15)17-2)14-8-11(18-13(14)16)10-6-4-3-5-7-10/h3-9H,1-2H3/t9-/m0/s1. The van der Waals surface area contributed by atoms with Crippen molar-refractivity contribution < 1.29 is 13.9 Å². The number of esters is 1. The van der Waals surface area contributed by atoms with E-state index in [0.717, 1.165) is 5.56 Å². The van der Waals surface area contributed by atoms with Crippen LogP contribution < -0.4 is 5.76 Å². The van der Waals surface area contributed by atoms with Crippen LogP contribution in [0.3, 0.4) is 0 Å². The molecule has 0 amide bonds. The van der Waals surface area contributed by atoms with Crippen molar-refractivity contribution in [1.82, 2.24) is 4.57 Å². The first-order valence-electron chi connectivity index (χ1n) is 5.48. The number of nitrogens with zero attached hydrogens (tertiary/aromatic N) is 1. The van der Waals surface area contributed by atoms with Crippen LogP contribution in [-0.2, 0) is 9.53 Å². The van der Waals surface area contributed by atoms with Crippen molar-refractivity contribution in [1.29, 1.82) is 0 Å². The van der Waals surface area contributed by atoms with Crippen LogP contribution in [0.15, 0.2) is 45.7 Å². The van der Waals surface area contributed by atoms with E-state index in [4.69, 9.17) is 4.42 Å². The molecule has 0 bridgehead atoms. The molecule has 0 saturated carbocycles. The number of carbonyl (C=O) groups is 1. The molecule has 0 radical (unpaired) electrons. The van der Waals surface area contributed by atoms with E-state index in [1.165, 1.54) is 17.9 Å². The summed E-state index contributed by atoms with van der Waals surface area (Å²) in [5, 5.41) is 0. The molecule has 5 nitrogen and oxygen atoms in total. The van der Waals surface area contributed by atoms with Crippen molar-refractivity contribution >= 4 is 5.97 Å². The molecule has 0 aliphatic carbocycles. The van der Waals surface area contributed by atoms with Crippen LogP contribution in [0.2, 0.25) is 0 Å². The smallest absolute Gasteiger partial charge is 0.420 e. The van der Waals surface area contributed by atoms with Crippen molar-refractivity contribution in [3.63, 3.8) is 0 Å². The van der Waals surface area contributed by atoms with Gasteiger partial charge in [-0.3, -0.25) is 4.57 Å². The molecule has 0 fully saturated rings. The Morgan fingerprint density at radius 3 is 2.61 bits per heavy atom. The molecule has 0 unspecified atom stereocenters. The highest BCUT2D eigenvalue weighted by Crippen LogP contribution is 2.18. The van der Waals surface area contributed by atoms with Crippen molar-refractivity contribution in [3.05, 3.63) is 47.1 Å². The van der Waals surface area contributed by atoms with Gasteiger partial charge in [0.1, 0.15) is 6.04 Å². The average molecular weight is 247 g/mol. The van der Waals surface area contributed by atoms with Gasteiger partial charge < -0.3 is 9.15 Å². The fourth-order valence-electron chi connectivity index (χ4n) is 1.64. The molecular formula is C13H13NO4. The van der Waals surface area contributed by atoms with Crippen molar-refractivity contribution in [2.75, 3.05) is 7.11 Å². The van der Waals surface area contributed by atoms with E-state index in [1.807, 2.05) is 30.3 Å². The summed E-state index contributed by atoms with van der Waals surface area (Å²) >= 11 is 0. The summed E-state index contributed by atoms with van der Waals surface area (Å²) in [6, 6.07) is 8.50. The summed E-state index contributed by atoms with van der Waals surface area (Å²) in [6.45, 7) is 1.58. The molecule has 5 heteroatoms. The van der Waals surface area contributed by atoms with Gasteiger partial charge in [0.25, 0.3) is 0 Å². The Morgan fingerprint density at radius 1 is 1.33 bits per heavy atom. The first kappa shape index (κ1) is 12.2. The number of carbonyl (C=O) groups excluding carboxylic acids is 1. The third kappa shape index (κ3) is 2.20. The lowest BCUT2D eigenvalue weighted by Gasteiger charge is -2.07. The summed E-state index contributed by atoms with van der Waals surface area (Å²) in [5.74, 6) is -0.638. The summed E-state index contributed by atoms with van der Waals surface area (Å²) in [4.78, 5) is 23.1. The Balaban J connectivity index is 2.39. The highest BCUT2D eigenvalue weighted by molar-refractivity contribution is 5.73. The van der Waals surface area contributed by atoms with Gasteiger partial charge in [-0.25, -0.2) is 9.59 Å². The Morgan fingerprint density at radius 2 is 2.00 bits per heavy atom. The minimum absolute atomic E-state index is 0.427. The second-order valence-corrected chi connectivity index (χ2v) is 3.83. The Labute approximate surface area is 104 Å². The van der Waals surface area contributed by atoms with E-state index in [9.17, 15) is 9.59 Å². The number of rotatable bonds is 3. The number of methoxy groups -OCH3 is 1. The maximum absolute atomic E-state index is 11.7. The van der Waals surface area contributed by atoms with Gasteiger partial charge in [-0.2, -0.15) is 0 Å². The molecule has 1 aromatic carbocycles. The molecule has 1 atom stereocenters. The molecular weight excluding hydrogens is 234 g/mol. The van der Waals surface area contributed by atoms with E-state index in [1.54, 1.807) is 6.92 Å². The van der Waals surface area contributed by atoms with Crippen molar-refractivity contribution in [2.45, 2.75) is 13.0 Å². The highest BCUT2D eigenvalue weighted by Gasteiger charge is 2.19. The molecule has 0 spiro atoms. The van der Waals surface area contributed by atoms with Crippen LogP contribution in [0, 0.1) is 0 Å². The second kappa shape index (κ2) is 4.91. The number of aromatic nitrogens is 1. The van der Waals surface area contributed by atoms with Crippen LogP contribution in [0.5, 0.6) is 0 Å². The maximum atomic E-state index is 11.7. The van der Waals surface area contributed by atoms with Gasteiger partial charge in [0.05, 0.1) is 13.3 Å². The van der Waals surface area contributed by atoms with Gasteiger partial charge in [0, 0.05) is 5.56 Å². The molecule has 1 aromatic heterocycles. The number of hydrogen-bond acceptors (Lipinski definition) is 4. The monoisotopic (exact) mass is 247 g/mol. The van der Waals surface area contributed by atoms with E-state index < -0.39 is 17.8 Å². The Kier molecular flexibility index (Phi) is 3.32.